The van der Waals surface area contributed by atoms with Crippen LogP contribution in [0.15, 0.2) is 18.2 Å². The van der Waals surface area contributed by atoms with E-state index in [0.29, 0.717) is 11.3 Å². The van der Waals surface area contributed by atoms with E-state index in [2.05, 4.69) is 5.32 Å². The molecule has 0 spiro atoms. The van der Waals surface area contributed by atoms with Gasteiger partial charge in [0.05, 0.1) is 0 Å². The molecular weight excluding hydrogens is 195 g/mol. The first kappa shape index (κ1) is 11.7. The van der Waals surface area contributed by atoms with E-state index in [9.17, 15) is 9.18 Å². The van der Waals surface area contributed by atoms with E-state index in [4.69, 9.17) is 5.73 Å². The van der Waals surface area contributed by atoms with Crippen molar-refractivity contribution in [3.05, 3.63) is 29.6 Å². The zero-order chi connectivity index (χ0) is 11.4. The van der Waals surface area contributed by atoms with Crippen molar-refractivity contribution in [3.8, 4) is 0 Å². The molecule has 1 amide bonds. The van der Waals surface area contributed by atoms with Crippen molar-refractivity contribution in [2.24, 2.45) is 5.73 Å². The second kappa shape index (κ2) is 4.89. The lowest BCUT2D eigenvalue weighted by Gasteiger charge is -2.09. The van der Waals surface area contributed by atoms with Crippen LogP contribution in [0, 0.1) is 12.7 Å². The molecule has 1 atom stereocenters. The van der Waals surface area contributed by atoms with E-state index in [1.165, 1.54) is 12.1 Å². The second-order valence-electron chi connectivity index (χ2n) is 3.69. The van der Waals surface area contributed by atoms with E-state index in [-0.39, 0.29) is 24.2 Å². The van der Waals surface area contributed by atoms with E-state index in [0.717, 1.165) is 0 Å². The lowest BCUT2D eigenvalue weighted by molar-refractivity contribution is -0.116. The number of carbonyl (C=O) groups excluding carboxylic acids is 1. The molecule has 0 saturated heterocycles. The third-order valence-corrected chi connectivity index (χ3v) is 1.97. The smallest absolute Gasteiger partial charge is 0.225 e. The van der Waals surface area contributed by atoms with Crippen LogP contribution in [0.25, 0.3) is 0 Å². The number of benzene rings is 1. The van der Waals surface area contributed by atoms with Gasteiger partial charge in [-0.25, -0.2) is 4.39 Å². The first-order chi connectivity index (χ1) is 6.99. The molecule has 15 heavy (non-hydrogen) atoms. The summed E-state index contributed by atoms with van der Waals surface area (Å²) in [5, 5.41) is 2.68. The molecule has 0 aromatic heterocycles. The highest BCUT2D eigenvalue weighted by atomic mass is 19.1. The average molecular weight is 210 g/mol. The van der Waals surface area contributed by atoms with Crippen LogP contribution in [0.4, 0.5) is 10.1 Å². The molecule has 0 bridgehead atoms. The lowest BCUT2D eigenvalue weighted by Crippen LogP contribution is -2.24. The maximum atomic E-state index is 12.8. The molecule has 0 heterocycles. The Morgan fingerprint density at radius 1 is 1.60 bits per heavy atom. The van der Waals surface area contributed by atoms with Crippen LogP contribution in [0.1, 0.15) is 18.9 Å². The van der Waals surface area contributed by atoms with Crippen molar-refractivity contribution in [1.29, 1.82) is 0 Å². The van der Waals surface area contributed by atoms with Gasteiger partial charge in [-0.1, -0.05) is 0 Å². The highest BCUT2D eigenvalue weighted by Gasteiger charge is 2.07. The summed E-state index contributed by atoms with van der Waals surface area (Å²) in [6.45, 7) is 3.50. The second-order valence-corrected chi connectivity index (χ2v) is 3.69. The number of aryl methyl sites for hydroxylation is 1. The summed E-state index contributed by atoms with van der Waals surface area (Å²) in [6.07, 6.45) is 0.261. The maximum absolute atomic E-state index is 12.8. The molecule has 1 aromatic rings. The summed E-state index contributed by atoms with van der Waals surface area (Å²) in [4.78, 5) is 11.4. The van der Waals surface area contributed by atoms with Crippen molar-refractivity contribution in [2.45, 2.75) is 26.3 Å². The van der Waals surface area contributed by atoms with Crippen molar-refractivity contribution in [3.63, 3.8) is 0 Å². The molecule has 0 saturated carbocycles. The molecule has 4 heteroatoms. The highest BCUT2D eigenvalue weighted by molar-refractivity contribution is 5.91. The number of nitrogens with two attached hydrogens (primary N) is 1. The Morgan fingerprint density at radius 3 is 2.80 bits per heavy atom. The van der Waals surface area contributed by atoms with Gasteiger partial charge in [0.15, 0.2) is 0 Å². The molecule has 3 nitrogen and oxygen atoms in total. The number of amides is 1. The van der Waals surface area contributed by atoms with Crippen molar-refractivity contribution in [2.75, 3.05) is 5.32 Å². The van der Waals surface area contributed by atoms with Crippen molar-refractivity contribution in [1.82, 2.24) is 0 Å². The van der Waals surface area contributed by atoms with Gasteiger partial charge >= 0.3 is 0 Å². The van der Waals surface area contributed by atoms with Gasteiger partial charge in [0.1, 0.15) is 5.82 Å². The number of rotatable bonds is 3. The predicted molar refractivity (Wildman–Crippen MR) is 58.0 cm³/mol. The van der Waals surface area contributed by atoms with E-state index in [1.54, 1.807) is 19.9 Å². The fraction of sp³-hybridized carbons (Fsp3) is 0.364. The summed E-state index contributed by atoms with van der Waals surface area (Å²) in [5.41, 5.74) is 6.82. The minimum Gasteiger partial charge on any atom is -0.327 e. The maximum Gasteiger partial charge on any atom is 0.225 e. The SMILES string of the molecule is Cc1cc(F)ccc1NC(=O)CC(C)N. The molecule has 0 aliphatic rings. The molecule has 0 fully saturated rings. The minimum atomic E-state index is -0.308. The van der Waals surface area contributed by atoms with Crippen LogP contribution in [0.5, 0.6) is 0 Å². The van der Waals surface area contributed by atoms with Crippen LogP contribution in [0.3, 0.4) is 0 Å². The van der Waals surface area contributed by atoms with Gasteiger partial charge in [0, 0.05) is 18.2 Å². The Bertz CT molecular complexity index is 364. The van der Waals surface area contributed by atoms with E-state index < -0.39 is 0 Å². The van der Waals surface area contributed by atoms with Gasteiger partial charge in [-0.15, -0.1) is 0 Å². The van der Waals surface area contributed by atoms with Crippen molar-refractivity contribution >= 4 is 11.6 Å². The zero-order valence-corrected chi connectivity index (χ0v) is 8.88. The molecule has 0 aliphatic heterocycles. The molecule has 0 radical (unpaired) electrons. The van der Waals surface area contributed by atoms with Crippen LogP contribution in [-0.4, -0.2) is 11.9 Å². The zero-order valence-electron chi connectivity index (χ0n) is 8.88. The topological polar surface area (TPSA) is 55.1 Å². The number of carbonyl (C=O) groups is 1. The Morgan fingerprint density at radius 2 is 2.27 bits per heavy atom. The van der Waals surface area contributed by atoms with E-state index in [1.807, 2.05) is 0 Å². The minimum absolute atomic E-state index is 0.153. The third-order valence-electron chi connectivity index (χ3n) is 1.97. The van der Waals surface area contributed by atoms with Crippen LogP contribution >= 0.6 is 0 Å². The quantitative estimate of drug-likeness (QED) is 0.799. The fourth-order valence-corrected chi connectivity index (χ4v) is 1.26. The van der Waals surface area contributed by atoms with Gasteiger partial charge in [0.2, 0.25) is 5.91 Å². The van der Waals surface area contributed by atoms with Crippen molar-refractivity contribution < 1.29 is 9.18 Å². The summed E-state index contributed by atoms with van der Waals surface area (Å²) in [6, 6.07) is 4.06. The molecular formula is C11H15FN2O. The summed E-state index contributed by atoms with van der Waals surface area (Å²) < 4.78 is 12.8. The summed E-state index contributed by atoms with van der Waals surface area (Å²) in [5.74, 6) is -0.461. The standard InChI is InChI=1S/C11H15FN2O/c1-7-5-9(12)3-4-10(7)14-11(15)6-8(2)13/h3-5,8H,6,13H2,1-2H3,(H,14,15). The Labute approximate surface area is 88.5 Å². The van der Waals surface area contributed by atoms with Gasteiger partial charge in [-0.2, -0.15) is 0 Å². The molecule has 1 unspecified atom stereocenters. The van der Waals surface area contributed by atoms with Crippen LogP contribution in [-0.2, 0) is 4.79 Å². The number of anilines is 1. The fourth-order valence-electron chi connectivity index (χ4n) is 1.26. The normalized spacial score (nSPS) is 12.3. The average Bonchev–Trinajstić information content (AvgIpc) is 2.08. The number of nitrogens with one attached hydrogen (secondary N) is 1. The van der Waals surface area contributed by atoms with Crippen LogP contribution in [0.2, 0.25) is 0 Å². The van der Waals surface area contributed by atoms with Crippen LogP contribution < -0.4 is 11.1 Å². The Kier molecular flexibility index (Phi) is 3.80. The Balaban J connectivity index is 2.68. The summed E-state index contributed by atoms with van der Waals surface area (Å²) in [7, 11) is 0. The molecule has 0 aliphatic carbocycles. The number of hydrogen-bond donors (Lipinski definition) is 2. The third kappa shape index (κ3) is 3.67. The molecule has 82 valence electrons. The molecule has 3 N–H and O–H groups in total. The monoisotopic (exact) mass is 210 g/mol. The lowest BCUT2D eigenvalue weighted by atomic mass is 10.2. The first-order valence-electron chi connectivity index (χ1n) is 4.80. The van der Waals surface area contributed by atoms with Gasteiger partial charge in [-0.3, -0.25) is 4.79 Å². The van der Waals surface area contributed by atoms with Gasteiger partial charge in [0.25, 0.3) is 0 Å². The largest absolute Gasteiger partial charge is 0.327 e. The molecule has 1 rings (SSSR count). The number of halogens is 1. The van der Waals surface area contributed by atoms with E-state index >= 15 is 0 Å². The summed E-state index contributed by atoms with van der Waals surface area (Å²) >= 11 is 0. The first-order valence-corrected chi connectivity index (χ1v) is 4.80. The highest BCUT2D eigenvalue weighted by Crippen LogP contribution is 2.15. The predicted octanol–water partition coefficient (Wildman–Crippen LogP) is 1.81. The van der Waals surface area contributed by atoms with Gasteiger partial charge in [-0.05, 0) is 37.6 Å². The molecule has 1 aromatic carbocycles. The number of hydrogen-bond acceptors (Lipinski definition) is 2. The Hall–Kier alpha value is -1.42. The van der Waals surface area contributed by atoms with Gasteiger partial charge < -0.3 is 11.1 Å².